The van der Waals surface area contributed by atoms with Gasteiger partial charge in [-0.15, -0.1) is 0 Å². The standard InChI is InChI=1S/C16H20F2N2O/c1-3-11(2)20-8-7-12(19-20)9-13(21)10-14-15(17)5-4-6-16(14)18/h4-8,11,13,21H,3,9-10H2,1-2H3. The highest BCUT2D eigenvalue weighted by molar-refractivity contribution is 5.20. The highest BCUT2D eigenvalue weighted by atomic mass is 19.1. The Morgan fingerprint density at radius 3 is 2.48 bits per heavy atom. The van der Waals surface area contributed by atoms with Gasteiger partial charge in [-0.25, -0.2) is 8.78 Å². The van der Waals surface area contributed by atoms with Gasteiger partial charge in [-0.05, 0) is 31.5 Å². The highest BCUT2D eigenvalue weighted by Gasteiger charge is 2.15. The normalized spacial score (nSPS) is 14.1. The van der Waals surface area contributed by atoms with Crippen molar-refractivity contribution in [2.75, 3.05) is 0 Å². The van der Waals surface area contributed by atoms with Crippen LogP contribution in [0.2, 0.25) is 0 Å². The Morgan fingerprint density at radius 2 is 1.86 bits per heavy atom. The Bertz CT molecular complexity index is 577. The Morgan fingerprint density at radius 1 is 1.19 bits per heavy atom. The molecule has 0 bridgehead atoms. The fourth-order valence-corrected chi connectivity index (χ4v) is 2.20. The molecule has 2 unspecified atom stereocenters. The lowest BCUT2D eigenvalue weighted by Gasteiger charge is -2.11. The maximum atomic E-state index is 13.5. The molecule has 0 aliphatic heterocycles. The van der Waals surface area contributed by atoms with Crippen LogP contribution in [0, 0.1) is 11.6 Å². The van der Waals surface area contributed by atoms with Gasteiger partial charge >= 0.3 is 0 Å². The van der Waals surface area contributed by atoms with E-state index in [4.69, 9.17) is 0 Å². The summed E-state index contributed by atoms with van der Waals surface area (Å²) in [4.78, 5) is 0. The predicted molar refractivity (Wildman–Crippen MR) is 77.0 cm³/mol. The van der Waals surface area contributed by atoms with Crippen molar-refractivity contribution >= 4 is 0 Å². The molecule has 1 aromatic carbocycles. The molecule has 0 aliphatic rings. The van der Waals surface area contributed by atoms with Gasteiger partial charge in [0.15, 0.2) is 0 Å². The Hall–Kier alpha value is -1.75. The summed E-state index contributed by atoms with van der Waals surface area (Å²) in [6.07, 6.45) is 2.17. The van der Waals surface area contributed by atoms with Crippen LogP contribution in [0.3, 0.4) is 0 Å². The van der Waals surface area contributed by atoms with E-state index in [0.29, 0.717) is 6.04 Å². The van der Waals surface area contributed by atoms with E-state index in [2.05, 4.69) is 18.9 Å². The van der Waals surface area contributed by atoms with Gasteiger partial charge in [0.05, 0.1) is 11.8 Å². The Labute approximate surface area is 123 Å². The van der Waals surface area contributed by atoms with E-state index in [1.807, 2.05) is 16.9 Å². The van der Waals surface area contributed by atoms with E-state index in [1.54, 1.807) is 0 Å². The van der Waals surface area contributed by atoms with Gasteiger partial charge in [0.1, 0.15) is 11.6 Å². The van der Waals surface area contributed by atoms with Gasteiger partial charge in [-0.1, -0.05) is 13.0 Å². The van der Waals surface area contributed by atoms with Gasteiger partial charge in [0, 0.05) is 30.6 Å². The van der Waals surface area contributed by atoms with Crippen LogP contribution in [-0.2, 0) is 12.8 Å². The maximum Gasteiger partial charge on any atom is 0.129 e. The lowest BCUT2D eigenvalue weighted by Crippen LogP contribution is -2.16. The largest absolute Gasteiger partial charge is 0.392 e. The molecule has 2 atom stereocenters. The minimum absolute atomic E-state index is 0.0608. The summed E-state index contributed by atoms with van der Waals surface area (Å²) in [5.41, 5.74) is 0.644. The molecule has 2 rings (SSSR count). The van der Waals surface area contributed by atoms with Crippen LogP contribution >= 0.6 is 0 Å². The van der Waals surface area contributed by atoms with Gasteiger partial charge < -0.3 is 5.11 Å². The van der Waals surface area contributed by atoms with Crippen LogP contribution in [0.1, 0.15) is 37.6 Å². The molecule has 2 aromatic rings. The summed E-state index contributed by atoms with van der Waals surface area (Å²) in [5, 5.41) is 14.4. The van der Waals surface area contributed by atoms with Crippen molar-refractivity contribution in [2.45, 2.75) is 45.3 Å². The number of nitrogens with zero attached hydrogens (tertiary/aromatic N) is 2. The van der Waals surface area contributed by atoms with E-state index in [9.17, 15) is 13.9 Å². The van der Waals surface area contributed by atoms with E-state index in [1.165, 1.54) is 18.2 Å². The zero-order valence-electron chi connectivity index (χ0n) is 12.3. The van der Waals surface area contributed by atoms with Gasteiger partial charge in [0.25, 0.3) is 0 Å². The van der Waals surface area contributed by atoms with E-state index >= 15 is 0 Å². The number of benzene rings is 1. The lowest BCUT2D eigenvalue weighted by atomic mass is 10.0. The predicted octanol–water partition coefficient (Wildman–Crippen LogP) is 3.28. The molecule has 0 saturated carbocycles. The summed E-state index contributed by atoms with van der Waals surface area (Å²) in [6.45, 7) is 4.13. The minimum atomic E-state index is -0.864. The minimum Gasteiger partial charge on any atom is -0.392 e. The molecular weight excluding hydrogens is 274 g/mol. The fraction of sp³-hybridized carbons (Fsp3) is 0.438. The average Bonchev–Trinajstić information content (AvgIpc) is 2.90. The molecule has 114 valence electrons. The van der Waals surface area contributed by atoms with Crippen molar-refractivity contribution in [2.24, 2.45) is 0 Å². The third-order valence-corrected chi connectivity index (χ3v) is 3.65. The molecule has 0 radical (unpaired) electrons. The van der Waals surface area contributed by atoms with E-state index in [0.717, 1.165) is 12.1 Å². The molecule has 0 spiro atoms. The van der Waals surface area contributed by atoms with Gasteiger partial charge in [-0.3, -0.25) is 4.68 Å². The van der Waals surface area contributed by atoms with Crippen LogP contribution in [0.25, 0.3) is 0 Å². The van der Waals surface area contributed by atoms with Crippen molar-refractivity contribution in [3.63, 3.8) is 0 Å². The van der Waals surface area contributed by atoms with Crippen molar-refractivity contribution in [3.8, 4) is 0 Å². The summed E-state index contributed by atoms with van der Waals surface area (Å²) in [5.74, 6) is -1.25. The fourth-order valence-electron chi connectivity index (χ4n) is 2.20. The van der Waals surface area contributed by atoms with E-state index in [-0.39, 0.29) is 18.4 Å². The summed E-state index contributed by atoms with van der Waals surface area (Å²) >= 11 is 0. The first-order valence-corrected chi connectivity index (χ1v) is 7.16. The number of aliphatic hydroxyl groups excluding tert-OH is 1. The quantitative estimate of drug-likeness (QED) is 0.888. The van der Waals surface area contributed by atoms with E-state index < -0.39 is 17.7 Å². The molecule has 5 heteroatoms. The highest BCUT2D eigenvalue weighted by Crippen LogP contribution is 2.16. The zero-order valence-corrected chi connectivity index (χ0v) is 12.3. The lowest BCUT2D eigenvalue weighted by molar-refractivity contribution is 0.171. The van der Waals surface area contributed by atoms with Crippen LogP contribution in [0.4, 0.5) is 8.78 Å². The first-order valence-electron chi connectivity index (χ1n) is 7.16. The number of halogens is 2. The maximum absolute atomic E-state index is 13.5. The summed E-state index contributed by atoms with van der Waals surface area (Å²) in [7, 11) is 0. The SMILES string of the molecule is CCC(C)n1ccc(CC(O)Cc2c(F)cccc2F)n1. The molecule has 21 heavy (non-hydrogen) atoms. The van der Waals surface area contributed by atoms with Crippen molar-refractivity contribution in [1.29, 1.82) is 0 Å². The van der Waals surface area contributed by atoms with Crippen LogP contribution in [-0.4, -0.2) is 21.0 Å². The van der Waals surface area contributed by atoms with Crippen LogP contribution < -0.4 is 0 Å². The van der Waals surface area contributed by atoms with Crippen molar-refractivity contribution in [3.05, 3.63) is 53.4 Å². The van der Waals surface area contributed by atoms with Gasteiger partial charge in [0.2, 0.25) is 0 Å². The number of hydrogen-bond acceptors (Lipinski definition) is 2. The summed E-state index contributed by atoms with van der Waals surface area (Å²) in [6, 6.07) is 5.83. The topological polar surface area (TPSA) is 38.0 Å². The third-order valence-electron chi connectivity index (χ3n) is 3.65. The zero-order chi connectivity index (χ0) is 15.4. The average molecular weight is 294 g/mol. The second-order valence-electron chi connectivity index (χ2n) is 5.31. The molecular formula is C16H20F2N2O. The number of aliphatic hydroxyl groups is 1. The molecule has 0 fully saturated rings. The van der Waals surface area contributed by atoms with Crippen LogP contribution in [0.15, 0.2) is 30.5 Å². The van der Waals surface area contributed by atoms with Crippen LogP contribution in [0.5, 0.6) is 0 Å². The molecule has 3 nitrogen and oxygen atoms in total. The Kier molecular flexibility index (Phi) is 5.07. The number of hydrogen-bond donors (Lipinski definition) is 1. The first-order chi connectivity index (χ1) is 10.0. The first kappa shape index (κ1) is 15.6. The number of aromatic nitrogens is 2. The van der Waals surface area contributed by atoms with Crippen molar-refractivity contribution < 1.29 is 13.9 Å². The molecule has 0 amide bonds. The molecule has 1 heterocycles. The third kappa shape index (κ3) is 3.88. The second-order valence-corrected chi connectivity index (χ2v) is 5.31. The molecule has 0 saturated heterocycles. The molecule has 1 N–H and O–H groups in total. The molecule has 0 aliphatic carbocycles. The number of rotatable bonds is 6. The van der Waals surface area contributed by atoms with Crippen molar-refractivity contribution in [1.82, 2.24) is 9.78 Å². The second kappa shape index (κ2) is 6.80. The smallest absolute Gasteiger partial charge is 0.129 e. The summed E-state index contributed by atoms with van der Waals surface area (Å²) < 4.78 is 28.9. The Balaban J connectivity index is 2.02. The molecule has 1 aromatic heterocycles. The monoisotopic (exact) mass is 294 g/mol. The van der Waals surface area contributed by atoms with Gasteiger partial charge in [-0.2, -0.15) is 5.10 Å².